The van der Waals surface area contributed by atoms with Gasteiger partial charge in [-0.2, -0.15) is 0 Å². The van der Waals surface area contributed by atoms with Crippen LogP contribution in [0.2, 0.25) is 0 Å². The van der Waals surface area contributed by atoms with Crippen LogP contribution in [-0.2, 0) is 6.54 Å². The Morgan fingerprint density at radius 3 is 3.19 bits per heavy atom. The third-order valence-corrected chi connectivity index (χ3v) is 3.15. The highest BCUT2D eigenvalue weighted by Gasteiger charge is 2.21. The molecule has 1 atom stereocenters. The van der Waals surface area contributed by atoms with E-state index in [0.717, 1.165) is 25.4 Å². The van der Waals surface area contributed by atoms with Gasteiger partial charge in [-0.3, -0.25) is 4.90 Å². The summed E-state index contributed by atoms with van der Waals surface area (Å²) < 4.78 is 5.19. The summed E-state index contributed by atoms with van der Waals surface area (Å²) in [7, 11) is 0. The molecule has 0 saturated carbocycles. The molecule has 16 heavy (non-hydrogen) atoms. The van der Waals surface area contributed by atoms with Crippen molar-refractivity contribution in [2.24, 2.45) is 0 Å². The Hall–Kier alpha value is -0.870. The van der Waals surface area contributed by atoms with E-state index >= 15 is 0 Å². The highest BCUT2D eigenvalue weighted by atomic mass is 16.5. The summed E-state index contributed by atoms with van der Waals surface area (Å²) in [5, 5.41) is 7.23. The Labute approximate surface area is 97.0 Å². The van der Waals surface area contributed by atoms with Crippen LogP contribution in [0.1, 0.15) is 31.9 Å². The van der Waals surface area contributed by atoms with Gasteiger partial charge < -0.3 is 9.84 Å². The fourth-order valence-electron chi connectivity index (χ4n) is 2.35. The molecule has 1 aromatic heterocycles. The Morgan fingerprint density at radius 2 is 2.56 bits per heavy atom. The molecule has 1 N–H and O–H groups in total. The SMILES string of the molecule is CCCN(Cc1ccno1)C1CCCNC1. The van der Waals surface area contributed by atoms with E-state index in [4.69, 9.17) is 4.52 Å². The maximum Gasteiger partial charge on any atom is 0.150 e. The van der Waals surface area contributed by atoms with Crippen LogP contribution in [0, 0.1) is 0 Å². The molecular weight excluding hydrogens is 202 g/mol. The minimum atomic E-state index is 0.652. The maximum absolute atomic E-state index is 5.19. The van der Waals surface area contributed by atoms with Crippen molar-refractivity contribution >= 4 is 0 Å². The standard InChI is InChI=1S/C12H21N3O/c1-2-8-15(10-12-5-7-14-16-12)11-4-3-6-13-9-11/h5,7,11,13H,2-4,6,8-10H2,1H3. The Kier molecular flexibility index (Phi) is 4.36. The van der Waals surface area contributed by atoms with E-state index < -0.39 is 0 Å². The fraction of sp³-hybridized carbons (Fsp3) is 0.750. The molecular formula is C12H21N3O. The largest absolute Gasteiger partial charge is 0.360 e. The second kappa shape index (κ2) is 6.01. The zero-order chi connectivity index (χ0) is 11.2. The molecule has 1 unspecified atom stereocenters. The summed E-state index contributed by atoms with van der Waals surface area (Å²) in [6.07, 6.45) is 5.48. The van der Waals surface area contributed by atoms with Crippen LogP contribution in [0.4, 0.5) is 0 Å². The van der Waals surface area contributed by atoms with Crippen molar-refractivity contribution in [1.29, 1.82) is 0 Å². The average Bonchev–Trinajstić information content (AvgIpc) is 2.83. The number of nitrogens with one attached hydrogen (secondary N) is 1. The van der Waals surface area contributed by atoms with Gasteiger partial charge in [-0.1, -0.05) is 12.1 Å². The van der Waals surface area contributed by atoms with Crippen LogP contribution in [0.5, 0.6) is 0 Å². The smallest absolute Gasteiger partial charge is 0.150 e. The lowest BCUT2D eigenvalue weighted by Gasteiger charge is -2.33. The van der Waals surface area contributed by atoms with Gasteiger partial charge in [0.05, 0.1) is 12.7 Å². The fourth-order valence-corrected chi connectivity index (χ4v) is 2.35. The van der Waals surface area contributed by atoms with Gasteiger partial charge in [0.2, 0.25) is 0 Å². The molecule has 1 aliphatic rings. The predicted octanol–water partition coefficient (Wildman–Crippen LogP) is 1.64. The van der Waals surface area contributed by atoms with E-state index in [1.807, 2.05) is 6.07 Å². The van der Waals surface area contributed by atoms with Gasteiger partial charge in [0.25, 0.3) is 0 Å². The van der Waals surface area contributed by atoms with Crippen molar-refractivity contribution in [2.75, 3.05) is 19.6 Å². The topological polar surface area (TPSA) is 41.3 Å². The summed E-state index contributed by atoms with van der Waals surface area (Å²) in [4.78, 5) is 2.51. The van der Waals surface area contributed by atoms with E-state index in [2.05, 4.69) is 22.3 Å². The van der Waals surface area contributed by atoms with Crippen molar-refractivity contribution < 1.29 is 4.52 Å². The van der Waals surface area contributed by atoms with Crippen LogP contribution >= 0.6 is 0 Å². The number of rotatable bonds is 5. The summed E-state index contributed by atoms with van der Waals surface area (Å²) in [5.41, 5.74) is 0. The van der Waals surface area contributed by atoms with Crippen LogP contribution < -0.4 is 5.32 Å². The number of hydrogen-bond acceptors (Lipinski definition) is 4. The van der Waals surface area contributed by atoms with Crippen LogP contribution in [0.15, 0.2) is 16.8 Å². The van der Waals surface area contributed by atoms with Gasteiger partial charge in [0, 0.05) is 18.7 Å². The van der Waals surface area contributed by atoms with Crippen molar-refractivity contribution in [3.63, 3.8) is 0 Å². The van der Waals surface area contributed by atoms with Crippen molar-refractivity contribution in [1.82, 2.24) is 15.4 Å². The molecule has 0 bridgehead atoms. The quantitative estimate of drug-likeness (QED) is 0.824. The Balaban J connectivity index is 1.92. The number of aromatic nitrogens is 1. The molecule has 2 heterocycles. The molecule has 1 aromatic rings. The van der Waals surface area contributed by atoms with Gasteiger partial charge in [0.1, 0.15) is 0 Å². The molecule has 0 aromatic carbocycles. The maximum atomic E-state index is 5.19. The molecule has 1 fully saturated rings. The lowest BCUT2D eigenvalue weighted by Crippen LogP contribution is -2.45. The third kappa shape index (κ3) is 3.06. The highest BCUT2D eigenvalue weighted by Crippen LogP contribution is 2.14. The molecule has 2 rings (SSSR count). The first-order valence-electron chi connectivity index (χ1n) is 6.24. The highest BCUT2D eigenvalue weighted by molar-refractivity contribution is 4.94. The first kappa shape index (κ1) is 11.6. The first-order valence-corrected chi connectivity index (χ1v) is 6.24. The van der Waals surface area contributed by atoms with E-state index in [-0.39, 0.29) is 0 Å². The molecule has 4 heteroatoms. The molecule has 4 nitrogen and oxygen atoms in total. The van der Waals surface area contributed by atoms with Crippen LogP contribution in [-0.4, -0.2) is 35.7 Å². The van der Waals surface area contributed by atoms with Crippen molar-refractivity contribution in [3.8, 4) is 0 Å². The molecule has 0 aliphatic carbocycles. The second-order valence-electron chi connectivity index (χ2n) is 4.45. The van der Waals surface area contributed by atoms with E-state index in [9.17, 15) is 0 Å². The lowest BCUT2D eigenvalue weighted by atomic mass is 10.1. The molecule has 1 aliphatic heterocycles. The van der Waals surface area contributed by atoms with Gasteiger partial charge in [-0.15, -0.1) is 0 Å². The lowest BCUT2D eigenvalue weighted by molar-refractivity contribution is 0.143. The number of piperidine rings is 1. The summed E-state index contributed by atoms with van der Waals surface area (Å²) in [6.45, 7) is 6.52. The first-order chi connectivity index (χ1) is 7.90. The van der Waals surface area contributed by atoms with Gasteiger partial charge in [-0.25, -0.2) is 0 Å². The zero-order valence-electron chi connectivity index (χ0n) is 9.98. The number of nitrogens with zero attached hydrogens (tertiary/aromatic N) is 2. The molecule has 90 valence electrons. The molecule has 1 saturated heterocycles. The summed E-state index contributed by atoms with van der Waals surface area (Å²) >= 11 is 0. The predicted molar refractivity (Wildman–Crippen MR) is 63.1 cm³/mol. The van der Waals surface area contributed by atoms with E-state index in [0.29, 0.717) is 6.04 Å². The van der Waals surface area contributed by atoms with Crippen molar-refractivity contribution in [3.05, 3.63) is 18.0 Å². The van der Waals surface area contributed by atoms with Gasteiger partial charge >= 0.3 is 0 Å². The van der Waals surface area contributed by atoms with Gasteiger partial charge in [-0.05, 0) is 32.4 Å². The minimum Gasteiger partial charge on any atom is -0.360 e. The normalized spacial score (nSPS) is 21.5. The Morgan fingerprint density at radius 1 is 1.62 bits per heavy atom. The van der Waals surface area contributed by atoms with Crippen LogP contribution in [0.25, 0.3) is 0 Å². The molecule has 0 radical (unpaired) electrons. The van der Waals surface area contributed by atoms with E-state index in [1.54, 1.807) is 6.20 Å². The second-order valence-corrected chi connectivity index (χ2v) is 4.45. The number of hydrogen-bond donors (Lipinski definition) is 1. The van der Waals surface area contributed by atoms with Crippen LogP contribution in [0.3, 0.4) is 0 Å². The van der Waals surface area contributed by atoms with Gasteiger partial charge in [0.15, 0.2) is 5.76 Å². The molecule has 0 amide bonds. The summed E-state index contributed by atoms with van der Waals surface area (Å²) in [5.74, 6) is 0.971. The minimum absolute atomic E-state index is 0.652. The summed E-state index contributed by atoms with van der Waals surface area (Å²) in [6, 6.07) is 2.61. The average molecular weight is 223 g/mol. The van der Waals surface area contributed by atoms with Crippen molar-refractivity contribution in [2.45, 2.75) is 38.8 Å². The zero-order valence-corrected chi connectivity index (χ0v) is 9.98. The monoisotopic (exact) mass is 223 g/mol. The third-order valence-electron chi connectivity index (χ3n) is 3.15. The molecule has 0 spiro atoms. The van der Waals surface area contributed by atoms with E-state index in [1.165, 1.54) is 25.8 Å². The Bertz CT molecular complexity index is 280.